The normalized spacial score (nSPS) is 23.4. The third-order valence-corrected chi connectivity index (χ3v) is 4.17. The van der Waals surface area contributed by atoms with E-state index >= 15 is 0 Å². The maximum absolute atomic E-state index is 11.8. The van der Waals surface area contributed by atoms with Crippen LogP contribution in [0.3, 0.4) is 0 Å². The van der Waals surface area contributed by atoms with Gasteiger partial charge in [-0.2, -0.15) is 0 Å². The predicted octanol–water partition coefficient (Wildman–Crippen LogP) is 2.64. The van der Waals surface area contributed by atoms with Gasteiger partial charge in [-0.25, -0.2) is 0 Å². The van der Waals surface area contributed by atoms with Crippen molar-refractivity contribution in [1.29, 1.82) is 0 Å². The number of piperidine rings is 1. The first-order valence-corrected chi connectivity index (χ1v) is 7.78. The van der Waals surface area contributed by atoms with Crippen molar-refractivity contribution in [3.8, 4) is 0 Å². The number of anilines is 1. The molecule has 3 atom stereocenters. The first kappa shape index (κ1) is 15.8. The topological polar surface area (TPSA) is 44.4 Å². The molecule has 1 aromatic carbocycles. The van der Waals surface area contributed by atoms with E-state index in [1.807, 2.05) is 6.92 Å². The van der Waals surface area contributed by atoms with Gasteiger partial charge in [0.2, 0.25) is 5.91 Å². The van der Waals surface area contributed by atoms with Crippen molar-refractivity contribution in [2.24, 2.45) is 5.92 Å². The van der Waals surface area contributed by atoms with E-state index < -0.39 is 0 Å². The molecule has 1 fully saturated rings. The smallest absolute Gasteiger partial charge is 0.244 e. The molecule has 21 heavy (non-hydrogen) atoms. The van der Waals surface area contributed by atoms with E-state index in [1.165, 1.54) is 18.4 Å². The Bertz CT molecular complexity index is 461. The van der Waals surface area contributed by atoms with Crippen LogP contribution in [0.15, 0.2) is 24.3 Å². The van der Waals surface area contributed by atoms with Gasteiger partial charge in [-0.1, -0.05) is 19.1 Å². The molecule has 4 heteroatoms. The maximum atomic E-state index is 11.8. The molecule has 1 saturated heterocycles. The molecule has 4 nitrogen and oxygen atoms in total. The highest BCUT2D eigenvalue weighted by Crippen LogP contribution is 2.26. The van der Waals surface area contributed by atoms with E-state index in [2.05, 4.69) is 41.8 Å². The predicted molar refractivity (Wildman–Crippen MR) is 87.4 cm³/mol. The van der Waals surface area contributed by atoms with Gasteiger partial charge in [0.05, 0.1) is 0 Å². The van der Waals surface area contributed by atoms with Gasteiger partial charge in [0.1, 0.15) is 6.04 Å². The first-order chi connectivity index (χ1) is 9.97. The van der Waals surface area contributed by atoms with E-state index in [0.29, 0.717) is 6.04 Å². The Morgan fingerprint density at radius 1 is 1.29 bits per heavy atom. The molecule has 1 heterocycles. The Balaban J connectivity index is 1.94. The van der Waals surface area contributed by atoms with Gasteiger partial charge < -0.3 is 15.5 Å². The van der Waals surface area contributed by atoms with Crippen molar-refractivity contribution in [1.82, 2.24) is 10.2 Å². The van der Waals surface area contributed by atoms with Crippen LogP contribution in [0.25, 0.3) is 0 Å². The van der Waals surface area contributed by atoms with Crippen LogP contribution in [0.4, 0.5) is 5.69 Å². The second kappa shape index (κ2) is 6.94. The molecule has 1 aliphatic heterocycles. The Labute approximate surface area is 127 Å². The zero-order chi connectivity index (χ0) is 15.4. The number of rotatable bonds is 4. The fraction of sp³-hybridized carbons (Fsp3) is 0.588. The summed E-state index contributed by atoms with van der Waals surface area (Å²) >= 11 is 0. The number of carbonyl (C=O) groups is 1. The molecule has 1 aromatic rings. The van der Waals surface area contributed by atoms with Crippen LogP contribution in [0, 0.1) is 5.92 Å². The molecular weight excluding hydrogens is 262 g/mol. The van der Waals surface area contributed by atoms with E-state index in [0.717, 1.165) is 18.2 Å². The first-order valence-electron chi connectivity index (χ1n) is 7.78. The fourth-order valence-corrected chi connectivity index (χ4v) is 2.79. The van der Waals surface area contributed by atoms with E-state index in [1.54, 1.807) is 19.0 Å². The van der Waals surface area contributed by atoms with Gasteiger partial charge >= 0.3 is 0 Å². The van der Waals surface area contributed by atoms with Gasteiger partial charge in [0.15, 0.2) is 0 Å². The minimum atomic E-state index is -0.209. The van der Waals surface area contributed by atoms with E-state index in [9.17, 15) is 4.79 Å². The van der Waals surface area contributed by atoms with Crippen LogP contribution >= 0.6 is 0 Å². The summed E-state index contributed by atoms with van der Waals surface area (Å²) in [7, 11) is 3.55. The van der Waals surface area contributed by atoms with E-state index in [-0.39, 0.29) is 11.9 Å². The number of hydrogen-bond donors (Lipinski definition) is 2. The Morgan fingerprint density at radius 3 is 2.48 bits per heavy atom. The standard InChI is InChI=1S/C17H27N3O/c1-12-5-10-16(18-11-12)14-6-8-15(9-7-14)19-13(2)17(21)20(3)4/h6-9,12-13,16,18-19H,5,10-11H2,1-4H3/t12-,13?,16+/m0/s1. The minimum Gasteiger partial charge on any atom is -0.374 e. The number of carbonyl (C=O) groups excluding carboxylic acids is 1. The number of nitrogens with zero attached hydrogens (tertiary/aromatic N) is 1. The number of amides is 1. The molecule has 0 aliphatic carbocycles. The second-order valence-corrected chi connectivity index (χ2v) is 6.36. The molecule has 0 aromatic heterocycles. The number of benzene rings is 1. The van der Waals surface area contributed by atoms with Crippen LogP contribution in [0.2, 0.25) is 0 Å². The summed E-state index contributed by atoms with van der Waals surface area (Å²) in [5.74, 6) is 0.863. The zero-order valence-corrected chi connectivity index (χ0v) is 13.5. The molecule has 1 unspecified atom stereocenters. The Kier molecular flexibility index (Phi) is 5.23. The summed E-state index contributed by atoms with van der Waals surface area (Å²) in [6, 6.07) is 8.70. The number of likely N-dealkylation sites (N-methyl/N-ethyl adjacent to an activating group) is 1. The quantitative estimate of drug-likeness (QED) is 0.895. The molecular formula is C17H27N3O. The van der Waals surface area contributed by atoms with Gasteiger partial charge in [-0.15, -0.1) is 0 Å². The lowest BCUT2D eigenvalue weighted by Gasteiger charge is -2.28. The van der Waals surface area contributed by atoms with Gasteiger partial charge in [0, 0.05) is 25.8 Å². The van der Waals surface area contributed by atoms with Gasteiger partial charge in [-0.05, 0) is 49.9 Å². The van der Waals surface area contributed by atoms with Crippen LogP contribution < -0.4 is 10.6 Å². The Morgan fingerprint density at radius 2 is 1.95 bits per heavy atom. The average molecular weight is 289 g/mol. The average Bonchev–Trinajstić information content (AvgIpc) is 2.48. The summed E-state index contributed by atoms with van der Waals surface area (Å²) < 4.78 is 0. The lowest BCUT2D eigenvalue weighted by atomic mass is 9.92. The summed E-state index contributed by atoms with van der Waals surface area (Å²) in [5, 5.41) is 6.85. The van der Waals surface area contributed by atoms with Crippen LogP contribution in [0.1, 0.15) is 38.3 Å². The third kappa shape index (κ3) is 4.21. The minimum absolute atomic E-state index is 0.0852. The molecule has 2 rings (SSSR count). The SMILES string of the molecule is CC(Nc1ccc([C@H]2CC[C@H](C)CN2)cc1)C(=O)N(C)C. The molecule has 1 aliphatic rings. The van der Waals surface area contributed by atoms with Crippen LogP contribution in [0.5, 0.6) is 0 Å². The van der Waals surface area contributed by atoms with Gasteiger partial charge in [-0.3, -0.25) is 4.79 Å². The number of nitrogens with one attached hydrogen (secondary N) is 2. The lowest BCUT2D eigenvalue weighted by molar-refractivity contribution is -0.129. The van der Waals surface area contributed by atoms with Gasteiger partial charge in [0.25, 0.3) is 0 Å². The molecule has 0 spiro atoms. The molecule has 0 bridgehead atoms. The van der Waals surface area contributed by atoms with E-state index in [4.69, 9.17) is 0 Å². The van der Waals surface area contributed by atoms with Crippen LogP contribution in [-0.2, 0) is 4.79 Å². The summed E-state index contributed by atoms with van der Waals surface area (Å²) in [6.07, 6.45) is 2.48. The molecule has 0 radical (unpaired) electrons. The van der Waals surface area contributed by atoms with Crippen LogP contribution in [-0.4, -0.2) is 37.5 Å². The fourth-order valence-electron chi connectivity index (χ4n) is 2.79. The highest BCUT2D eigenvalue weighted by atomic mass is 16.2. The molecule has 1 amide bonds. The molecule has 116 valence electrons. The largest absolute Gasteiger partial charge is 0.374 e. The zero-order valence-electron chi connectivity index (χ0n) is 13.5. The summed E-state index contributed by atoms with van der Waals surface area (Å²) in [6.45, 7) is 5.28. The van der Waals surface area contributed by atoms with Crippen molar-refractivity contribution >= 4 is 11.6 Å². The Hall–Kier alpha value is -1.55. The monoisotopic (exact) mass is 289 g/mol. The molecule has 2 N–H and O–H groups in total. The van der Waals surface area contributed by atoms with Crippen molar-refractivity contribution in [3.63, 3.8) is 0 Å². The van der Waals surface area contributed by atoms with Crippen molar-refractivity contribution in [2.45, 2.75) is 38.8 Å². The second-order valence-electron chi connectivity index (χ2n) is 6.36. The van der Waals surface area contributed by atoms with Crippen molar-refractivity contribution < 1.29 is 4.79 Å². The highest BCUT2D eigenvalue weighted by Gasteiger charge is 2.19. The maximum Gasteiger partial charge on any atom is 0.244 e. The highest BCUT2D eigenvalue weighted by molar-refractivity contribution is 5.83. The summed E-state index contributed by atoms with van der Waals surface area (Å²) in [4.78, 5) is 13.5. The molecule has 0 saturated carbocycles. The number of hydrogen-bond acceptors (Lipinski definition) is 3. The third-order valence-electron chi connectivity index (χ3n) is 4.17. The lowest BCUT2D eigenvalue weighted by Crippen LogP contribution is -2.36. The summed E-state index contributed by atoms with van der Waals surface area (Å²) in [5.41, 5.74) is 2.32. The van der Waals surface area contributed by atoms with Crippen molar-refractivity contribution in [2.75, 3.05) is 26.0 Å². The van der Waals surface area contributed by atoms with Crippen molar-refractivity contribution in [3.05, 3.63) is 29.8 Å².